The topological polar surface area (TPSA) is 45.1 Å². The molecule has 1 saturated heterocycles. The van der Waals surface area contributed by atoms with Crippen LogP contribution in [0.1, 0.15) is 18.4 Å². The van der Waals surface area contributed by atoms with Gasteiger partial charge < -0.3 is 10.6 Å². The zero-order chi connectivity index (χ0) is 17.1. The van der Waals surface area contributed by atoms with Crippen molar-refractivity contribution in [3.8, 4) is 0 Å². The van der Waals surface area contributed by atoms with Crippen molar-refractivity contribution in [2.24, 2.45) is 5.92 Å². The van der Waals surface area contributed by atoms with Gasteiger partial charge in [0.25, 0.3) is 0 Å². The summed E-state index contributed by atoms with van der Waals surface area (Å²) < 4.78 is 15.8. The highest BCUT2D eigenvalue weighted by atomic mass is 19.1. The number of benzene rings is 1. The van der Waals surface area contributed by atoms with Crippen molar-refractivity contribution in [3.05, 3.63) is 47.9 Å². The van der Waals surface area contributed by atoms with E-state index in [4.69, 9.17) is 0 Å². The second-order valence-electron chi connectivity index (χ2n) is 7.20. The molecule has 5 nitrogen and oxygen atoms in total. The Labute approximate surface area is 148 Å². The van der Waals surface area contributed by atoms with Gasteiger partial charge in [-0.2, -0.15) is 5.10 Å². The van der Waals surface area contributed by atoms with Crippen LogP contribution in [0.25, 0.3) is 0 Å². The average Bonchev–Trinajstić information content (AvgIpc) is 3.11. The summed E-state index contributed by atoms with van der Waals surface area (Å²) in [6, 6.07) is 9.69. The molecule has 2 N–H and O–H groups in total. The summed E-state index contributed by atoms with van der Waals surface area (Å²) in [5.41, 5.74) is 0.803. The average molecular weight is 343 g/mol. The standard InChI is InChI=1S/C19H26FN5/c20-18-4-2-1-3-16(18)14-24-9-6-17(7-10-24)21-11-15-12-22-19-5-8-23-25(19)13-15/h1-5,8,15,17,21-22H,6-7,9-14H2/t15-/m0/s1. The highest BCUT2D eigenvalue weighted by Gasteiger charge is 2.22. The molecule has 1 fully saturated rings. The first-order valence-corrected chi connectivity index (χ1v) is 9.23. The Balaban J connectivity index is 1.20. The van der Waals surface area contributed by atoms with E-state index in [-0.39, 0.29) is 5.82 Å². The highest BCUT2D eigenvalue weighted by Crippen LogP contribution is 2.18. The van der Waals surface area contributed by atoms with Crippen LogP contribution in [-0.4, -0.2) is 46.9 Å². The minimum atomic E-state index is -0.0921. The number of piperidine rings is 1. The summed E-state index contributed by atoms with van der Waals surface area (Å²) in [4.78, 5) is 2.36. The van der Waals surface area contributed by atoms with Crippen LogP contribution in [0.3, 0.4) is 0 Å². The molecule has 2 aliphatic heterocycles. The van der Waals surface area contributed by atoms with Crippen molar-refractivity contribution in [2.75, 3.05) is 31.5 Å². The summed E-state index contributed by atoms with van der Waals surface area (Å²) >= 11 is 0. The third kappa shape index (κ3) is 4.02. The zero-order valence-electron chi connectivity index (χ0n) is 14.5. The molecule has 0 spiro atoms. The molecular formula is C19H26FN5. The van der Waals surface area contributed by atoms with Crippen LogP contribution >= 0.6 is 0 Å². The molecule has 2 aliphatic rings. The predicted molar refractivity (Wildman–Crippen MR) is 96.9 cm³/mol. The van der Waals surface area contributed by atoms with Gasteiger partial charge in [0, 0.05) is 49.8 Å². The quantitative estimate of drug-likeness (QED) is 0.875. The number of nitrogens with one attached hydrogen (secondary N) is 2. The molecule has 2 aromatic rings. The highest BCUT2D eigenvalue weighted by molar-refractivity contribution is 5.35. The molecule has 0 unspecified atom stereocenters. The third-order valence-corrected chi connectivity index (χ3v) is 5.35. The first-order chi connectivity index (χ1) is 12.3. The molecular weight excluding hydrogens is 317 g/mol. The minimum absolute atomic E-state index is 0.0921. The Morgan fingerprint density at radius 3 is 2.88 bits per heavy atom. The molecule has 25 heavy (non-hydrogen) atoms. The van der Waals surface area contributed by atoms with Crippen molar-refractivity contribution in [1.29, 1.82) is 0 Å². The largest absolute Gasteiger partial charge is 0.370 e. The number of halogens is 1. The van der Waals surface area contributed by atoms with Crippen molar-refractivity contribution in [1.82, 2.24) is 20.0 Å². The SMILES string of the molecule is Fc1ccccc1CN1CCC(NC[C@H]2CNc3ccnn3C2)CC1. The first-order valence-electron chi connectivity index (χ1n) is 9.23. The van der Waals surface area contributed by atoms with E-state index >= 15 is 0 Å². The van der Waals surface area contributed by atoms with E-state index in [1.54, 1.807) is 12.1 Å². The maximum absolute atomic E-state index is 13.8. The Morgan fingerprint density at radius 1 is 1.20 bits per heavy atom. The van der Waals surface area contributed by atoms with Crippen LogP contribution < -0.4 is 10.6 Å². The number of aromatic nitrogens is 2. The fourth-order valence-corrected chi connectivity index (χ4v) is 3.82. The van der Waals surface area contributed by atoms with Gasteiger partial charge in [-0.05, 0) is 32.0 Å². The zero-order valence-corrected chi connectivity index (χ0v) is 14.5. The van der Waals surface area contributed by atoms with E-state index in [0.29, 0.717) is 18.5 Å². The first kappa shape index (κ1) is 16.5. The maximum Gasteiger partial charge on any atom is 0.127 e. The van der Waals surface area contributed by atoms with Gasteiger partial charge in [0.1, 0.15) is 11.6 Å². The van der Waals surface area contributed by atoms with Crippen LogP contribution in [0, 0.1) is 11.7 Å². The Morgan fingerprint density at radius 2 is 2.04 bits per heavy atom. The molecule has 0 bridgehead atoms. The monoisotopic (exact) mass is 343 g/mol. The number of hydrogen-bond donors (Lipinski definition) is 2. The summed E-state index contributed by atoms with van der Waals surface area (Å²) in [5.74, 6) is 1.60. The van der Waals surface area contributed by atoms with E-state index in [2.05, 4.69) is 20.6 Å². The summed E-state index contributed by atoms with van der Waals surface area (Å²) in [6.07, 6.45) is 4.10. The number of likely N-dealkylation sites (tertiary alicyclic amines) is 1. The fourth-order valence-electron chi connectivity index (χ4n) is 3.82. The predicted octanol–water partition coefficient (Wildman–Crippen LogP) is 2.32. The van der Waals surface area contributed by atoms with E-state index < -0.39 is 0 Å². The summed E-state index contributed by atoms with van der Waals surface area (Å²) in [7, 11) is 0. The second-order valence-corrected chi connectivity index (χ2v) is 7.20. The number of nitrogens with zero attached hydrogens (tertiary/aromatic N) is 3. The molecule has 6 heteroatoms. The lowest BCUT2D eigenvalue weighted by Gasteiger charge is -2.34. The van der Waals surface area contributed by atoms with Gasteiger partial charge in [0.05, 0.1) is 6.20 Å². The van der Waals surface area contributed by atoms with Crippen LogP contribution in [0.4, 0.5) is 10.2 Å². The van der Waals surface area contributed by atoms with Gasteiger partial charge in [-0.25, -0.2) is 9.07 Å². The van der Waals surface area contributed by atoms with Gasteiger partial charge in [0.15, 0.2) is 0 Å². The number of anilines is 1. The van der Waals surface area contributed by atoms with E-state index in [1.807, 2.05) is 29.1 Å². The van der Waals surface area contributed by atoms with Crippen molar-refractivity contribution in [3.63, 3.8) is 0 Å². The van der Waals surface area contributed by atoms with E-state index in [9.17, 15) is 4.39 Å². The molecule has 0 saturated carbocycles. The van der Waals surface area contributed by atoms with Gasteiger partial charge >= 0.3 is 0 Å². The van der Waals surface area contributed by atoms with E-state index in [1.165, 1.54) is 0 Å². The smallest absolute Gasteiger partial charge is 0.127 e. The van der Waals surface area contributed by atoms with Crippen molar-refractivity contribution in [2.45, 2.75) is 32.0 Å². The molecule has 0 radical (unpaired) electrons. The number of hydrogen-bond acceptors (Lipinski definition) is 4. The normalized spacial score (nSPS) is 21.7. The van der Waals surface area contributed by atoms with Crippen LogP contribution in [-0.2, 0) is 13.1 Å². The third-order valence-electron chi connectivity index (χ3n) is 5.35. The second kappa shape index (κ2) is 7.54. The lowest BCUT2D eigenvalue weighted by molar-refractivity contribution is 0.185. The molecule has 1 atom stereocenters. The summed E-state index contributed by atoms with van der Waals surface area (Å²) in [6.45, 7) is 5.77. The number of rotatable bonds is 5. The molecule has 134 valence electrons. The molecule has 0 aliphatic carbocycles. The lowest BCUT2D eigenvalue weighted by atomic mass is 10.0. The molecule has 1 aromatic heterocycles. The van der Waals surface area contributed by atoms with Gasteiger partial charge in [-0.1, -0.05) is 18.2 Å². The van der Waals surface area contributed by atoms with Gasteiger partial charge in [-0.15, -0.1) is 0 Å². The van der Waals surface area contributed by atoms with Crippen LogP contribution in [0.2, 0.25) is 0 Å². The lowest BCUT2D eigenvalue weighted by Crippen LogP contribution is -2.45. The number of fused-ring (bicyclic) bond motifs is 1. The fraction of sp³-hybridized carbons (Fsp3) is 0.526. The Kier molecular flexibility index (Phi) is 4.99. The van der Waals surface area contributed by atoms with Crippen molar-refractivity contribution >= 4 is 5.82 Å². The molecule has 4 rings (SSSR count). The van der Waals surface area contributed by atoms with Crippen LogP contribution in [0.5, 0.6) is 0 Å². The summed E-state index contributed by atoms with van der Waals surface area (Å²) in [5, 5.41) is 11.5. The van der Waals surface area contributed by atoms with Crippen molar-refractivity contribution < 1.29 is 4.39 Å². The van der Waals surface area contributed by atoms with E-state index in [0.717, 1.165) is 56.9 Å². The van der Waals surface area contributed by atoms with Gasteiger partial charge in [0.2, 0.25) is 0 Å². The molecule has 3 heterocycles. The molecule has 1 aromatic carbocycles. The minimum Gasteiger partial charge on any atom is -0.370 e. The Hall–Kier alpha value is -1.92. The van der Waals surface area contributed by atoms with Gasteiger partial charge in [-0.3, -0.25) is 4.90 Å². The van der Waals surface area contributed by atoms with Crippen LogP contribution in [0.15, 0.2) is 36.5 Å². The maximum atomic E-state index is 13.8. The molecule has 0 amide bonds. The Bertz CT molecular complexity index is 693.